The van der Waals surface area contributed by atoms with Crippen molar-refractivity contribution in [2.24, 2.45) is 4.99 Å². The molecule has 1 aliphatic rings. The Hall–Kier alpha value is -2.14. The fourth-order valence-corrected chi connectivity index (χ4v) is 7.43. The lowest BCUT2D eigenvalue weighted by molar-refractivity contribution is -0.122. The number of aromatic nitrogens is 1. The van der Waals surface area contributed by atoms with Crippen LogP contribution in [0.4, 0.5) is 4.39 Å². The van der Waals surface area contributed by atoms with Gasteiger partial charge in [0.05, 0.1) is 10.2 Å². The number of benzene rings is 1. The number of para-hydroxylation sites is 1. The molecule has 1 fully saturated rings. The molecule has 3 aromatic rings. The van der Waals surface area contributed by atoms with Crippen molar-refractivity contribution in [1.82, 2.24) is 8.87 Å². The molecule has 0 bridgehead atoms. The second-order valence-corrected chi connectivity index (χ2v) is 11.0. The van der Waals surface area contributed by atoms with E-state index in [1.165, 1.54) is 21.7 Å². The Kier molecular flexibility index (Phi) is 6.01. The van der Waals surface area contributed by atoms with Crippen LogP contribution in [0.2, 0.25) is 0 Å². The van der Waals surface area contributed by atoms with Gasteiger partial charge in [-0.15, -0.1) is 17.9 Å². The summed E-state index contributed by atoms with van der Waals surface area (Å²) in [5.74, 6) is -0.932. The van der Waals surface area contributed by atoms with Crippen LogP contribution in [-0.4, -0.2) is 35.8 Å². The molecule has 0 spiro atoms. The van der Waals surface area contributed by atoms with Crippen molar-refractivity contribution in [3.63, 3.8) is 0 Å². The summed E-state index contributed by atoms with van der Waals surface area (Å²) < 4.78 is 44.2. The van der Waals surface area contributed by atoms with E-state index in [9.17, 15) is 17.6 Å². The number of thiophene rings is 1. The molecule has 6 nitrogen and oxygen atoms in total. The number of rotatable bonds is 5. The van der Waals surface area contributed by atoms with Crippen molar-refractivity contribution in [3.05, 3.63) is 59.0 Å². The molecule has 0 N–H and O–H groups in total. The van der Waals surface area contributed by atoms with Crippen molar-refractivity contribution in [3.8, 4) is 0 Å². The third-order valence-corrected chi connectivity index (χ3v) is 9.29. The average Bonchev–Trinajstić information content (AvgIpc) is 3.38. The first-order valence-corrected chi connectivity index (χ1v) is 12.6. The van der Waals surface area contributed by atoms with E-state index in [4.69, 9.17) is 0 Å². The van der Waals surface area contributed by atoms with Gasteiger partial charge in [0.2, 0.25) is 0 Å². The molecule has 1 unspecified atom stereocenters. The molecular formula is C20H20FN3O3S3. The number of amides is 1. The van der Waals surface area contributed by atoms with E-state index < -0.39 is 27.8 Å². The SMILES string of the molecule is C=CCn1c(=NC(=O)C2CCCCN2S(=O)(=O)c2cccs2)sc2cccc(F)c21. The van der Waals surface area contributed by atoms with Crippen LogP contribution in [0.1, 0.15) is 19.3 Å². The Morgan fingerprint density at radius 2 is 2.13 bits per heavy atom. The first-order valence-electron chi connectivity index (χ1n) is 9.46. The van der Waals surface area contributed by atoms with Crippen LogP contribution in [0.3, 0.4) is 0 Å². The Bertz CT molecular complexity index is 1260. The van der Waals surface area contributed by atoms with Crippen LogP contribution in [0.5, 0.6) is 0 Å². The molecule has 1 aliphatic heterocycles. The van der Waals surface area contributed by atoms with Crippen LogP contribution in [0, 0.1) is 5.82 Å². The Morgan fingerprint density at radius 3 is 2.87 bits per heavy atom. The van der Waals surface area contributed by atoms with Gasteiger partial charge in [-0.3, -0.25) is 4.79 Å². The molecule has 10 heteroatoms. The minimum atomic E-state index is -3.77. The Morgan fingerprint density at radius 1 is 1.30 bits per heavy atom. The summed E-state index contributed by atoms with van der Waals surface area (Å²) in [6.45, 7) is 4.27. The van der Waals surface area contributed by atoms with Crippen molar-refractivity contribution < 1.29 is 17.6 Å². The number of hydrogen-bond donors (Lipinski definition) is 0. The molecule has 0 saturated carbocycles. The summed E-state index contributed by atoms with van der Waals surface area (Å²) in [7, 11) is -3.77. The van der Waals surface area contributed by atoms with Gasteiger partial charge in [-0.1, -0.05) is 36.0 Å². The van der Waals surface area contributed by atoms with Gasteiger partial charge in [0, 0.05) is 13.1 Å². The molecule has 4 rings (SSSR count). The topological polar surface area (TPSA) is 71.7 Å². The van der Waals surface area contributed by atoms with Gasteiger partial charge in [0.1, 0.15) is 16.1 Å². The smallest absolute Gasteiger partial charge is 0.266 e. The zero-order valence-electron chi connectivity index (χ0n) is 16.0. The number of thiazole rings is 1. The highest BCUT2D eigenvalue weighted by Crippen LogP contribution is 2.28. The van der Waals surface area contributed by atoms with Crippen LogP contribution >= 0.6 is 22.7 Å². The standard InChI is InChI=1S/C20H20FN3O3S3/c1-2-11-23-18-14(21)7-5-9-16(18)29-20(23)22-19(25)15-8-3-4-12-24(15)30(26,27)17-10-6-13-28-17/h2,5-7,9-10,13,15H,1,3-4,8,11-12H2. The second kappa shape index (κ2) is 8.54. The fraction of sp³-hybridized carbons (Fsp3) is 0.300. The lowest BCUT2D eigenvalue weighted by atomic mass is 10.0. The number of piperidine rings is 1. The predicted octanol–water partition coefficient (Wildman–Crippen LogP) is 3.76. The normalized spacial score (nSPS) is 18.7. The summed E-state index contributed by atoms with van der Waals surface area (Å²) in [4.78, 5) is 17.7. The van der Waals surface area contributed by atoms with Gasteiger partial charge in [-0.25, -0.2) is 12.8 Å². The fourth-order valence-electron chi connectivity index (χ4n) is 3.60. The van der Waals surface area contributed by atoms with Gasteiger partial charge in [-0.05, 0) is 36.4 Å². The molecule has 158 valence electrons. The highest BCUT2D eigenvalue weighted by atomic mass is 32.2. The third kappa shape index (κ3) is 3.80. The molecule has 1 amide bonds. The van der Waals surface area contributed by atoms with E-state index >= 15 is 0 Å². The number of carbonyl (C=O) groups is 1. The highest BCUT2D eigenvalue weighted by molar-refractivity contribution is 7.91. The number of fused-ring (bicyclic) bond motifs is 1. The molecule has 0 radical (unpaired) electrons. The third-order valence-electron chi connectivity index (χ3n) is 4.97. The minimum absolute atomic E-state index is 0.216. The Labute approximate surface area is 181 Å². The largest absolute Gasteiger partial charge is 0.310 e. The van der Waals surface area contributed by atoms with Crippen LogP contribution < -0.4 is 4.80 Å². The van der Waals surface area contributed by atoms with E-state index in [2.05, 4.69) is 11.6 Å². The Balaban J connectivity index is 1.77. The van der Waals surface area contributed by atoms with Crippen molar-refractivity contribution in [2.45, 2.75) is 36.1 Å². The monoisotopic (exact) mass is 465 g/mol. The molecule has 1 aromatic carbocycles. The number of halogens is 1. The van der Waals surface area contributed by atoms with Gasteiger partial charge in [0.15, 0.2) is 4.80 Å². The van der Waals surface area contributed by atoms with Gasteiger partial charge in [-0.2, -0.15) is 9.30 Å². The van der Waals surface area contributed by atoms with E-state index in [0.717, 1.165) is 17.8 Å². The summed E-state index contributed by atoms with van der Waals surface area (Å²) in [6.07, 6.45) is 3.46. The predicted molar refractivity (Wildman–Crippen MR) is 116 cm³/mol. The molecule has 30 heavy (non-hydrogen) atoms. The maximum Gasteiger partial charge on any atom is 0.266 e. The van der Waals surface area contributed by atoms with E-state index in [-0.39, 0.29) is 17.3 Å². The van der Waals surface area contributed by atoms with Crippen LogP contribution in [-0.2, 0) is 21.4 Å². The zero-order valence-corrected chi connectivity index (χ0v) is 18.5. The van der Waals surface area contributed by atoms with E-state index in [0.29, 0.717) is 27.9 Å². The summed E-state index contributed by atoms with van der Waals surface area (Å²) in [5, 5.41) is 1.70. The van der Waals surface area contributed by atoms with Gasteiger partial charge >= 0.3 is 0 Å². The van der Waals surface area contributed by atoms with Crippen LogP contribution in [0.15, 0.2) is 57.6 Å². The minimum Gasteiger partial charge on any atom is -0.310 e. The summed E-state index contributed by atoms with van der Waals surface area (Å²) >= 11 is 2.33. The number of hydrogen-bond acceptors (Lipinski definition) is 5. The molecule has 3 heterocycles. The molecular weight excluding hydrogens is 445 g/mol. The maximum atomic E-state index is 14.4. The lowest BCUT2D eigenvalue weighted by Crippen LogP contribution is -2.47. The van der Waals surface area contributed by atoms with E-state index in [1.54, 1.807) is 40.3 Å². The van der Waals surface area contributed by atoms with Crippen molar-refractivity contribution >= 4 is 48.8 Å². The molecule has 1 saturated heterocycles. The van der Waals surface area contributed by atoms with Gasteiger partial charge in [0.25, 0.3) is 15.9 Å². The molecule has 0 aliphatic carbocycles. The highest BCUT2D eigenvalue weighted by Gasteiger charge is 2.38. The van der Waals surface area contributed by atoms with Crippen molar-refractivity contribution in [2.75, 3.05) is 6.54 Å². The molecule has 1 atom stereocenters. The zero-order chi connectivity index (χ0) is 21.3. The number of allylic oxidation sites excluding steroid dienone is 1. The first-order chi connectivity index (χ1) is 14.4. The van der Waals surface area contributed by atoms with E-state index in [1.807, 2.05) is 0 Å². The molecule has 2 aromatic heterocycles. The van der Waals surface area contributed by atoms with Crippen molar-refractivity contribution in [1.29, 1.82) is 0 Å². The maximum absolute atomic E-state index is 14.4. The van der Waals surface area contributed by atoms with Crippen LogP contribution in [0.25, 0.3) is 10.2 Å². The first kappa shape index (κ1) is 21.1. The summed E-state index contributed by atoms with van der Waals surface area (Å²) in [6, 6.07) is 7.08. The summed E-state index contributed by atoms with van der Waals surface area (Å²) in [5.41, 5.74) is 0.362. The lowest BCUT2D eigenvalue weighted by Gasteiger charge is -2.31. The average molecular weight is 466 g/mol. The second-order valence-electron chi connectivity index (χ2n) is 6.88. The van der Waals surface area contributed by atoms with Gasteiger partial charge < -0.3 is 4.57 Å². The quantitative estimate of drug-likeness (QED) is 0.539. The number of carbonyl (C=O) groups excluding carboxylic acids is 1. The number of sulfonamides is 1. The number of nitrogens with zero attached hydrogens (tertiary/aromatic N) is 3.